The molecule has 0 bridgehead atoms. The molecule has 0 aliphatic carbocycles. The fourth-order valence-corrected chi connectivity index (χ4v) is 4.13. The Labute approximate surface area is 303 Å². The van der Waals surface area contributed by atoms with Crippen molar-refractivity contribution in [3.8, 4) is 23.0 Å². The number of hydrogen-bond acceptors (Lipinski definition) is 8. The van der Waals surface area contributed by atoms with Gasteiger partial charge in [0.1, 0.15) is 0 Å². The minimum Gasteiger partial charge on any atom is -0.872 e. The molecule has 260 valence electrons. The van der Waals surface area contributed by atoms with E-state index in [0.717, 1.165) is 0 Å². The van der Waals surface area contributed by atoms with Gasteiger partial charge < -0.3 is 40.9 Å². The van der Waals surface area contributed by atoms with Crippen molar-refractivity contribution < 1.29 is 60.0 Å². The first-order valence-electron chi connectivity index (χ1n) is 14.7. The van der Waals surface area contributed by atoms with Crippen molar-refractivity contribution in [3.05, 3.63) is 117 Å². The zero-order chi connectivity index (χ0) is 36.6. The van der Waals surface area contributed by atoms with Gasteiger partial charge in [-0.05, 0) is 49.9 Å². The van der Waals surface area contributed by atoms with Gasteiger partial charge >= 0.3 is 23.9 Å². The monoisotopic (exact) mass is 868 g/mol. The second kappa shape index (κ2) is 21.7. The molecule has 0 fully saturated rings. The molecule has 0 atom stereocenters. The number of aromatic carboxylic acids is 4. The van der Waals surface area contributed by atoms with Gasteiger partial charge in [-0.1, -0.05) is 121 Å². The summed E-state index contributed by atoms with van der Waals surface area (Å²) in [6, 6.07) is 18.2. The minimum absolute atomic E-state index is 0. The molecule has 0 saturated carbocycles. The summed E-state index contributed by atoms with van der Waals surface area (Å²) in [6.07, 6.45) is 2.28. The number of rotatable bonds is 8. The molecule has 4 radical (unpaired) electrons. The average Bonchev–Trinajstić information content (AvgIpc) is 3.05. The number of para-hydroxylation sites is 4. The van der Waals surface area contributed by atoms with E-state index in [2.05, 4.69) is 0 Å². The molecule has 4 aromatic carbocycles. The third-order valence-corrected chi connectivity index (χ3v) is 6.83. The van der Waals surface area contributed by atoms with Gasteiger partial charge in [0.05, 0.1) is 22.3 Å². The van der Waals surface area contributed by atoms with E-state index in [1.54, 1.807) is 48.5 Å². The standard InChI is InChI=1S/4C9H10O3.Pb/c4*1-2-6-4-3-5-7(8(6)10)9(11)12;/h4*3-5,10H,2H2,1H3,(H,11,12);/p-4. The fourth-order valence-electron chi connectivity index (χ4n) is 4.13. The Bertz CT molecular complexity index is 1480. The predicted octanol–water partition coefficient (Wildman–Crippen LogP) is 3.70. The summed E-state index contributed by atoms with van der Waals surface area (Å²) < 4.78 is 0. The van der Waals surface area contributed by atoms with Gasteiger partial charge in [0, 0.05) is 27.3 Å². The third kappa shape index (κ3) is 12.8. The number of carboxylic acids is 4. The van der Waals surface area contributed by atoms with Crippen LogP contribution in [0.4, 0.5) is 0 Å². The van der Waals surface area contributed by atoms with Crippen molar-refractivity contribution in [1.29, 1.82) is 0 Å². The number of aryl methyl sites for hydroxylation is 4. The number of hydrogen-bond donors (Lipinski definition) is 4. The van der Waals surface area contributed by atoms with Crippen LogP contribution >= 0.6 is 0 Å². The van der Waals surface area contributed by atoms with E-state index in [1.807, 2.05) is 27.7 Å². The smallest absolute Gasteiger partial charge is 0.335 e. The van der Waals surface area contributed by atoms with E-state index in [1.165, 1.54) is 24.3 Å². The van der Waals surface area contributed by atoms with Crippen molar-refractivity contribution in [1.82, 2.24) is 0 Å². The maximum absolute atomic E-state index is 11.3. The largest absolute Gasteiger partial charge is 0.872 e. The van der Waals surface area contributed by atoms with Crippen LogP contribution in [0.1, 0.15) is 91.4 Å². The molecule has 0 spiro atoms. The molecule has 12 nitrogen and oxygen atoms in total. The third-order valence-electron chi connectivity index (χ3n) is 6.83. The van der Waals surface area contributed by atoms with E-state index in [-0.39, 0.29) is 72.6 Å². The van der Waals surface area contributed by atoms with Crippen LogP contribution in [-0.2, 0) is 25.7 Å². The van der Waals surface area contributed by atoms with Crippen LogP contribution in [0.25, 0.3) is 0 Å². The van der Waals surface area contributed by atoms with Crippen molar-refractivity contribution in [2.45, 2.75) is 53.4 Å². The van der Waals surface area contributed by atoms with Gasteiger partial charge in [0.25, 0.3) is 0 Å². The van der Waals surface area contributed by atoms with Crippen molar-refractivity contribution in [2.24, 2.45) is 0 Å². The predicted molar refractivity (Wildman–Crippen MR) is 175 cm³/mol. The van der Waals surface area contributed by atoms with E-state index in [9.17, 15) is 39.6 Å². The summed E-state index contributed by atoms with van der Waals surface area (Å²) >= 11 is 0. The second-order valence-electron chi connectivity index (χ2n) is 9.81. The van der Waals surface area contributed by atoms with Crippen LogP contribution in [0.5, 0.6) is 23.0 Å². The summed E-state index contributed by atoms with van der Waals surface area (Å²) in [5.74, 6) is -6.10. The van der Waals surface area contributed by atoms with Gasteiger partial charge in [-0.2, -0.15) is 0 Å². The van der Waals surface area contributed by atoms with E-state index in [4.69, 9.17) is 20.4 Å². The summed E-state index contributed by atoms with van der Waals surface area (Å²) in [6.45, 7) is 7.29. The molecule has 0 amide bonds. The van der Waals surface area contributed by atoms with E-state index in [0.29, 0.717) is 47.9 Å². The molecule has 4 N–H and O–H groups in total. The first-order valence-corrected chi connectivity index (χ1v) is 14.7. The van der Waals surface area contributed by atoms with Gasteiger partial charge in [0.2, 0.25) is 0 Å². The SMILES string of the molecule is CCc1cccc(C(=O)O)c1[O-].CCc1cccc(C(=O)O)c1[O-].CCc1cccc(C(=O)O)c1[O-].CCc1cccc(C(=O)O)c1[O-].[Pb]. The molecule has 4 rings (SSSR count). The summed E-state index contributed by atoms with van der Waals surface area (Å²) in [4.78, 5) is 42.0. The molecule has 13 heteroatoms. The van der Waals surface area contributed by atoms with Crippen LogP contribution in [0.2, 0.25) is 0 Å². The molecule has 0 heterocycles. The summed E-state index contributed by atoms with van der Waals surface area (Å²) in [5.41, 5.74) is 1.63. The zero-order valence-corrected chi connectivity index (χ0v) is 31.2. The Morgan fingerprint density at radius 2 is 0.571 bits per heavy atom. The zero-order valence-electron chi connectivity index (χ0n) is 27.3. The fraction of sp³-hybridized carbons (Fsp3) is 0.222. The second-order valence-corrected chi connectivity index (χ2v) is 9.81. The van der Waals surface area contributed by atoms with Gasteiger partial charge in [-0.15, -0.1) is 0 Å². The maximum atomic E-state index is 11.3. The van der Waals surface area contributed by atoms with Crippen LogP contribution in [0.3, 0.4) is 0 Å². The van der Waals surface area contributed by atoms with Crippen LogP contribution < -0.4 is 20.4 Å². The van der Waals surface area contributed by atoms with Crippen LogP contribution in [0.15, 0.2) is 72.8 Å². The Morgan fingerprint density at radius 1 is 0.408 bits per heavy atom. The number of carboxylic acid groups (broad SMARTS) is 4. The number of carbonyl (C=O) groups is 4. The van der Waals surface area contributed by atoms with Crippen molar-refractivity contribution in [2.75, 3.05) is 0 Å². The van der Waals surface area contributed by atoms with Crippen LogP contribution in [0, 0.1) is 0 Å². The topological polar surface area (TPSA) is 241 Å². The van der Waals surface area contributed by atoms with Crippen molar-refractivity contribution in [3.63, 3.8) is 0 Å². The van der Waals surface area contributed by atoms with Crippen molar-refractivity contribution >= 4 is 51.2 Å². The number of benzene rings is 4. The average molecular weight is 868 g/mol. The van der Waals surface area contributed by atoms with E-state index >= 15 is 0 Å². The van der Waals surface area contributed by atoms with E-state index < -0.39 is 23.9 Å². The summed E-state index contributed by atoms with van der Waals surface area (Å²) in [5, 5.41) is 79.4. The Hall–Kier alpha value is -5.12. The normalized spacial score (nSPS) is 9.55. The van der Waals surface area contributed by atoms with Crippen LogP contribution in [-0.4, -0.2) is 71.6 Å². The quantitative estimate of drug-likeness (QED) is 0.186. The molecular formula is C36H36O12Pb-4. The minimum atomic E-state index is -1.16. The maximum Gasteiger partial charge on any atom is 0.335 e. The molecule has 4 aromatic rings. The Balaban J connectivity index is 0.000000623. The molecular weight excluding hydrogens is 832 g/mol. The molecule has 0 saturated heterocycles. The molecule has 49 heavy (non-hydrogen) atoms. The molecule has 0 aliphatic heterocycles. The molecule has 0 unspecified atom stereocenters. The first kappa shape index (κ1) is 43.9. The Kier molecular flexibility index (Phi) is 19.4. The Morgan fingerprint density at radius 3 is 0.694 bits per heavy atom. The van der Waals surface area contributed by atoms with Gasteiger partial charge in [-0.25, -0.2) is 19.2 Å². The van der Waals surface area contributed by atoms with Gasteiger partial charge in [-0.3, -0.25) is 0 Å². The summed E-state index contributed by atoms with van der Waals surface area (Å²) in [7, 11) is 0. The van der Waals surface area contributed by atoms with Gasteiger partial charge in [0.15, 0.2) is 0 Å². The first-order chi connectivity index (χ1) is 22.7. The molecule has 0 aliphatic rings. The molecule has 0 aromatic heterocycles.